The minimum absolute atomic E-state index is 0.278. The van der Waals surface area contributed by atoms with Crippen molar-refractivity contribution >= 4 is 38.8 Å². The van der Waals surface area contributed by atoms with Crippen molar-refractivity contribution in [3.05, 3.63) is 63.4 Å². The van der Waals surface area contributed by atoms with Gasteiger partial charge in [0.2, 0.25) is 5.82 Å². The maximum Gasteiger partial charge on any atom is 0.217 e. The van der Waals surface area contributed by atoms with Gasteiger partial charge in [0.1, 0.15) is 29.3 Å². The molecule has 6 rings (SSSR count). The van der Waals surface area contributed by atoms with Crippen molar-refractivity contribution in [3.8, 4) is 17.3 Å². The summed E-state index contributed by atoms with van der Waals surface area (Å²) < 4.78 is 13.5. The summed E-state index contributed by atoms with van der Waals surface area (Å²) in [5.41, 5.74) is 3.31. The molecule has 150 valence electrons. The van der Waals surface area contributed by atoms with Crippen LogP contribution in [0.4, 0.5) is 0 Å². The van der Waals surface area contributed by atoms with Gasteiger partial charge in [-0.1, -0.05) is 17.7 Å². The van der Waals surface area contributed by atoms with Crippen molar-refractivity contribution in [2.24, 2.45) is 0 Å². The van der Waals surface area contributed by atoms with E-state index >= 15 is 0 Å². The molecule has 1 aliphatic rings. The fourth-order valence-electron chi connectivity index (χ4n) is 3.94. The minimum atomic E-state index is 0.278. The Bertz CT molecular complexity index is 1420. The van der Waals surface area contributed by atoms with Gasteiger partial charge >= 0.3 is 0 Å². The van der Waals surface area contributed by atoms with Crippen LogP contribution in [0.3, 0.4) is 0 Å². The summed E-state index contributed by atoms with van der Waals surface area (Å²) in [5.74, 6) is 2.47. The molecule has 0 radical (unpaired) electrons. The molecule has 0 saturated heterocycles. The number of rotatable bonds is 4. The number of hydrogen-bond donors (Lipinski definition) is 0. The molecule has 4 heterocycles. The van der Waals surface area contributed by atoms with Crippen molar-refractivity contribution in [3.63, 3.8) is 0 Å². The molecule has 0 unspecified atom stereocenters. The van der Waals surface area contributed by atoms with E-state index in [1.165, 1.54) is 16.9 Å². The Morgan fingerprint density at radius 1 is 1.23 bits per heavy atom. The van der Waals surface area contributed by atoms with E-state index in [1.807, 2.05) is 37.3 Å². The van der Waals surface area contributed by atoms with Gasteiger partial charge in [-0.25, -0.2) is 14.5 Å². The number of fused-ring (bicyclic) bond motifs is 5. The first-order valence-electron chi connectivity index (χ1n) is 9.79. The van der Waals surface area contributed by atoms with E-state index in [0.29, 0.717) is 28.1 Å². The molecule has 0 bridgehead atoms. The van der Waals surface area contributed by atoms with Crippen LogP contribution in [0.5, 0.6) is 5.75 Å². The summed E-state index contributed by atoms with van der Waals surface area (Å²) in [7, 11) is 0. The van der Waals surface area contributed by atoms with E-state index in [2.05, 4.69) is 10.1 Å². The number of thiophene rings is 1. The lowest BCUT2D eigenvalue weighted by Gasteiger charge is -2.07. The van der Waals surface area contributed by atoms with E-state index in [0.717, 1.165) is 34.3 Å². The lowest BCUT2D eigenvalue weighted by atomic mass is 10.2. The third-order valence-electron chi connectivity index (χ3n) is 5.38. The van der Waals surface area contributed by atoms with Crippen LogP contribution < -0.4 is 4.74 Å². The van der Waals surface area contributed by atoms with Crippen molar-refractivity contribution in [2.45, 2.75) is 32.8 Å². The predicted octanol–water partition coefficient (Wildman–Crippen LogP) is 5.63. The molecule has 0 aliphatic heterocycles. The molecule has 1 aromatic carbocycles. The second-order valence-electron chi connectivity index (χ2n) is 7.47. The third-order valence-corrected chi connectivity index (χ3v) is 6.89. The predicted molar refractivity (Wildman–Crippen MR) is 116 cm³/mol. The van der Waals surface area contributed by atoms with E-state index in [-0.39, 0.29) is 6.61 Å². The van der Waals surface area contributed by atoms with Crippen molar-refractivity contribution < 1.29 is 9.15 Å². The molecule has 0 saturated carbocycles. The molecule has 8 heteroatoms. The van der Waals surface area contributed by atoms with Gasteiger partial charge in [-0.05, 0) is 61.6 Å². The number of furan rings is 1. The van der Waals surface area contributed by atoms with E-state index in [4.69, 9.17) is 25.7 Å². The average molecular weight is 437 g/mol. The van der Waals surface area contributed by atoms with Crippen LogP contribution in [0.15, 0.2) is 41.1 Å². The van der Waals surface area contributed by atoms with Gasteiger partial charge in [0.05, 0.1) is 10.4 Å². The quantitative estimate of drug-likeness (QED) is 0.365. The van der Waals surface area contributed by atoms with Crippen LogP contribution in [0, 0.1) is 6.92 Å². The van der Waals surface area contributed by atoms with Gasteiger partial charge in [-0.3, -0.25) is 0 Å². The van der Waals surface area contributed by atoms with E-state index in [9.17, 15) is 0 Å². The summed E-state index contributed by atoms with van der Waals surface area (Å²) in [6, 6.07) is 9.43. The van der Waals surface area contributed by atoms with Gasteiger partial charge in [-0.15, -0.1) is 16.4 Å². The largest absolute Gasteiger partial charge is 0.484 e. The van der Waals surface area contributed by atoms with E-state index < -0.39 is 0 Å². The average Bonchev–Trinajstić information content (AvgIpc) is 3.50. The van der Waals surface area contributed by atoms with Gasteiger partial charge in [0, 0.05) is 4.88 Å². The molecule has 0 N–H and O–H groups in total. The van der Waals surface area contributed by atoms with Gasteiger partial charge in [0.25, 0.3) is 0 Å². The number of aromatic nitrogens is 4. The van der Waals surface area contributed by atoms with Crippen LogP contribution in [0.1, 0.15) is 28.2 Å². The highest BCUT2D eigenvalue weighted by atomic mass is 35.5. The molecule has 1 aliphatic carbocycles. The summed E-state index contributed by atoms with van der Waals surface area (Å²) in [6.07, 6.45) is 5.15. The molecule has 6 nitrogen and oxygen atoms in total. The fourth-order valence-corrected chi connectivity index (χ4v) is 5.34. The number of ether oxygens (including phenoxy) is 1. The molecule has 0 amide bonds. The maximum atomic E-state index is 6.20. The fraction of sp³-hybridized carbons (Fsp3) is 0.227. The normalized spacial score (nSPS) is 13.4. The number of nitrogens with zero attached hydrogens (tertiary/aromatic N) is 4. The third kappa shape index (κ3) is 2.88. The Hall–Kier alpha value is -2.90. The Morgan fingerprint density at radius 3 is 3.10 bits per heavy atom. The highest BCUT2D eigenvalue weighted by Crippen LogP contribution is 2.38. The number of aryl methyl sites for hydroxylation is 3. The summed E-state index contributed by atoms with van der Waals surface area (Å²) >= 11 is 7.98. The van der Waals surface area contributed by atoms with Gasteiger partial charge in [0.15, 0.2) is 11.4 Å². The zero-order valence-electron chi connectivity index (χ0n) is 16.2. The molecular weight excluding hydrogens is 420 g/mol. The molecule has 0 atom stereocenters. The second-order valence-corrected chi connectivity index (χ2v) is 8.96. The minimum Gasteiger partial charge on any atom is -0.484 e. The highest BCUT2D eigenvalue weighted by Gasteiger charge is 2.22. The van der Waals surface area contributed by atoms with Crippen LogP contribution in [-0.2, 0) is 19.4 Å². The maximum absolute atomic E-state index is 6.20. The molecule has 4 aromatic heterocycles. The van der Waals surface area contributed by atoms with Crippen LogP contribution in [-0.4, -0.2) is 19.6 Å². The second kappa shape index (κ2) is 6.82. The van der Waals surface area contributed by atoms with Gasteiger partial charge < -0.3 is 9.15 Å². The summed E-state index contributed by atoms with van der Waals surface area (Å²) in [6.45, 7) is 2.28. The number of hydrogen-bond acceptors (Lipinski definition) is 6. The van der Waals surface area contributed by atoms with Crippen LogP contribution in [0.25, 0.3) is 27.4 Å². The lowest BCUT2D eigenvalue weighted by Crippen LogP contribution is -1.94. The molecule has 0 spiro atoms. The Kier molecular flexibility index (Phi) is 4.07. The number of halogens is 1. The highest BCUT2D eigenvalue weighted by molar-refractivity contribution is 7.19. The molecule has 0 fully saturated rings. The first-order valence-corrected chi connectivity index (χ1v) is 11.0. The first kappa shape index (κ1) is 17.9. The zero-order valence-corrected chi connectivity index (χ0v) is 17.8. The zero-order chi connectivity index (χ0) is 20.2. The van der Waals surface area contributed by atoms with Crippen molar-refractivity contribution in [1.82, 2.24) is 19.6 Å². The standard InChI is InChI=1S/C22H17ClN4O2S/c1-12-5-7-15(23)17(9-12)28-10-13-6-8-16(29-13)20-25-21-19-14-3-2-4-18(14)30-22(19)24-11-27(21)26-20/h5-9,11H,2-4,10H2,1H3. The van der Waals surface area contributed by atoms with Crippen molar-refractivity contribution in [1.29, 1.82) is 0 Å². The summed E-state index contributed by atoms with van der Waals surface area (Å²) in [5, 5.41) is 6.30. The first-order chi connectivity index (χ1) is 14.7. The molecule has 5 aromatic rings. The monoisotopic (exact) mass is 436 g/mol. The molecular formula is C22H17ClN4O2S. The van der Waals surface area contributed by atoms with Crippen molar-refractivity contribution in [2.75, 3.05) is 0 Å². The van der Waals surface area contributed by atoms with Gasteiger partial charge in [-0.2, -0.15) is 0 Å². The Morgan fingerprint density at radius 2 is 2.17 bits per heavy atom. The van der Waals surface area contributed by atoms with Crippen LogP contribution >= 0.6 is 22.9 Å². The Labute approximate surface area is 181 Å². The smallest absolute Gasteiger partial charge is 0.217 e. The van der Waals surface area contributed by atoms with Crippen LogP contribution in [0.2, 0.25) is 5.02 Å². The summed E-state index contributed by atoms with van der Waals surface area (Å²) in [4.78, 5) is 11.8. The van der Waals surface area contributed by atoms with E-state index in [1.54, 1.807) is 22.2 Å². The lowest BCUT2D eigenvalue weighted by molar-refractivity contribution is 0.272. The SMILES string of the molecule is Cc1ccc(Cl)c(OCc2ccc(-c3nc4c5c6c(sc5ncn4n3)CCC6)o2)c1. The molecule has 30 heavy (non-hydrogen) atoms. The Balaban J connectivity index is 1.31. The topological polar surface area (TPSA) is 65.5 Å². The number of benzene rings is 1.